The summed E-state index contributed by atoms with van der Waals surface area (Å²) in [4.78, 5) is 0. The quantitative estimate of drug-likeness (QED) is 0.469. The fourth-order valence-electron chi connectivity index (χ4n) is 0.953. The molecule has 1 aliphatic rings. The van der Waals surface area contributed by atoms with E-state index in [0.29, 0.717) is 5.41 Å². The van der Waals surface area contributed by atoms with Crippen LogP contribution in [0.5, 0.6) is 0 Å². The van der Waals surface area contributed by atoms with Gasteiger partial charge >= 0.3 is 0 Å². The molecule has 48 valence electrons. The van der Waals surface area contributed by atoms with Gasteiger partial charge in [0, 0.05) is 19.8 Å². The largest absolute Gasteiger partial charge is 0.304 e. The Morgan fingerprint density at radius 1 is 1.12 bits per heavy atom. The lowest BCUT2D eigenvalue weighted by Crippen LogP contribution is -2.48. The molecule has 1 fully saturated rings. The average molecular weight is 114 g/mol. The molecule has 0 aromatic rings. The summed E-state index contributed by atoms with van der Waals surface area (Å²) >= 11 is 0. The van der Waals surface area contributed by atoms with Crippen LogP contribution in [0.15, 0.2) is 0 Å². The van der Waals surface area contributed by atoms with Crippen molar-refractivity contribution in [3.05, 3.63) is 0 Å². The summed E-state index contributed by atoms with van der Waals surface area (Å²) in [5, 5.41) is 6.53. The molecule has 0 aromatic carbocycles. The van der Waals surface area contributed by atoms with Crippen LogP contribution in [0.3, 0.4) is 0 Å². The third-order valence-corrected chi connectivity index (χ3v) is 1.46. The maximum absolute atomic E-state index is 3.26. The molecule has 2 nitrogen and oxygen atoms in total. The maximum atomic E-state index is 3.26. The van der Waals surface area contributed by atoms with Gasteiger partial charge in [-0.25, -0.2) is 0 Å². The predicted octanol–water partition coefficient (Wildman–Crippen LogP) is 0.163. The number of hydrogen-bond acceptors (Lipinski definition) is 2. The van der Waals surface area contributed by atoms with Gasteiger partial charge in [0.15, 0.2) is 0 Å². The Labute approximate surface area is 50.7 Å². The third-order valence-electron chi connectivity index (χ3n) is 1.46. The second-order valence-corrected chi connectivity index (χ2v) is 3.19. The van der Waals surface area contributed by atoms with Crippen molar-refractivity contribution in [2.24, 2.45) is 5.41 Å². The molecular weight excluding hydrogens is 100 g/mol. The minimum atomic E-state index is 0.457. The second-order valence-electron chi connectivity index (χ2n) is 3.19. The molecule has 0 amide bonds. The van der Waals surface area contributed by atoms with Crippen LogP contribution in [0.4, 0.5) is 0 Å². The average Bonchev–Trinajstić information content (AvgIpc) is 1.65. The first-order valence-corrected chi connectivity index (χ1v) is 3.12. The van der Waals surface area contributed by atoms with Crippen LogP contribution in [0, 0.1) is 5.41 Å². The first-order valence-electron chi connectivity index (χ1n) is 3.12. The smallest absolute Gasteiger partial charge is 0.0454 e. The van der Waals surface area contributed by atoms with Crippen molar-refractivity contribution in [1.82, 2.24) is 10.6 Å². The fourth-order valence-corrected chi connectivity index (χ4v) is 0.953. The highest BCUT2D eigenvalue weighted by Crippen LogP contribution is 2.12. The standard InChI is InChI=1S/C6H14N2/c1-6(2)3-7-5-8-4-6/h7-8H,3-5H2,1-2H3. The van der Waals surface area contributed by atoms with Crippen molar-refractivity contribution in [1.29, 1.82) is 0 Å². The van der Waals surface area contributed by atoms with Crippen LogP contribution < -0.4 is 10.6 Å². The van der Waals surface area contributed by atoms with Crippen LogP contribution >= 0.6 is 0 Å². The van der Waals surface area contributed by atoms with Crippen LogP contribution in [0.2, 0.25) is 0 Å². The van der Waals surface area contributed by atoms with E-state index in [-0.39, 0.29) is 0 Å². The van der Waals surface area contributed by atoms with Gasteiger partial charge in [0.1, 0.15) is 0 Å². The SMILES string of the molecule is CC1(C)CNCNC1. The minimum absolute atomic E-state index is 0.457. The Bertz CT molecular complexity index is 70.6. The topological polar surface area (TPSA) is 24.1 Å². The lowest BCUT2D eigenvalue weighted by Gasteiger charge is -2.30. The fraction of sp³-hybridized carbons (Fsp3) is 1.00. The molecule has 1 aliphatic heterocycles. The summed E-state index contributed by atoms with van der Waals surface area (Å²) in [6.45, 7) is 7.77. The number of nitrogens with one attached hydrogen (secondary N) is 2. The Hall–Kier alpha value is -0.0800. The molecule has 0 aliphatic carbocycles. The zero-order chi connectivity index (χ0) is 6.04. The molecule has 8 heavy (non-hydrogen) atoms. The zero-order valence-corrected chi connectivity index (χ0v) is 5.62. The van der Waals surface area contributed by atoms with Gasteiger partial charge in [0.25, 0.3) is 0 Å². The van der Waals surface area contributed by atoms with E-state index in [1.807, 2.05) is 0 Å². The van der Waals surface area contributed by atoms with E-state index in [1.54, 1.807) is 0 Å². The van der Waals surface area contributed by atoms with Crippen LogP contribution in [0.1, 0.15) is 13.8 Å². The molecule has 2 N–H and O–H groups in total. The first kappa shape index (κ1) is 6.05. The molecule has 2 heteroatoms. The normalized spacial score (nSPS) is 27.8. The summed E-state index contributed by atoms with van der Waals surface area (Å²) in [5.74, 6) is 0. The number of rotatable bonds is 0. The third kappa shape index (κ3) is 1.46. The van der Waals surface area contributed by atoms with Gasteiger partial charge in [-0.3, -0.25) is 0 Å². The van der Waals surface area contributed by atoms with Gasteiger partial charge in [-0.05, 0) is 5.41 Å². The Balaban J connectivity index is 2.33. The molecule has 0 atom stereocenters. The highest BCUT2D eigenvalue weighted by Gasteiger charge is 2.19. The molecule has 1 saturated heterocycles. The van der Waals surface area contributed by atoms with Gasteiger partial charge in [-0.15, -0.1) is 0 Å². The lowest BCUT2D eigenvalue weighted by atomic mass is 9.92. The molecule has 0 unspecified atom stereocenters. The predicted molar refractivity (Wildman–Crippen MR) is 34.7 cm³/mol. The maximum Gasteiger partial charge on any atom is 0.0454 e. The van der Waals surface area contributed by atoms with Crippen molar-refractivity contribution < 1.29 is 0 Å². The molecule has 1 rings (SSSR count). The summed E-state index contributed by atoms with van der Waals surface area (Å²) in [7, 11) is 0. The Morgan fingerprint density at radius 2 is 1.62 bits per heavy atom. The van der Waals surface area contributed by atoms with Crippen LogP contribution in [0.25, 0.3) is 0 Å². The summed E-state index contributed by atoms with van der Waals surface area (Å²) in [6, 6.07) is 0. The monoisotopic (exact) mass is 114 g/mol. The van der Waals surface area contributed by atoms with Crippen molar-refractivity contribution in [2.75, 3.05) is 19.8 Å². The van der Waals surface area contributed by atoms with Crippen molar-refractivity contribution in [2.45, 2.75) is 13.8 Å². The van der Waals surface area contributed by atoms with E-state index < -0.39 is 0 Å². The zero-order valence-electron chi connectivity index (χ0n) is 5.62. The van der Waals surface area contributed by atoms with Gasteiger partial charge in [-0.1, -0.05) is 13.8 Å². The highest BCUT2D eigenvalue weighted by molar-refractivity contribution is 4.77. The van der Waals surface area contributed by atoms with Gasteiger partial charge in [0.2, 0.25) is 0 Å². The molecule has 0 saturated carbocycles. The summed E-state index contributed by atoms with van der Waals surface area (Å²) < 4.78 is 0. The van der Waals surface area contributed by atoms with Crippen molar-refractivity contribution in [3.8, 4) is 0 Å². The Kier molecular flexibility index (Phi) is 1.54. The van der Waals surface area contributed by atoms with E-state index in [1.165, 1.54) is 0 Å². The van der Waals surface area contributed by atoms with Crippen molar-refractivity contribution >= 4 is 0 Å². The molecule has 0 spiro atoms. The van der Waals surface area contributed by atoms with Crippen LogP contribution in [-0.4, -0.2) is 19.8 Å². The highest BCUT2D eigenvalue weighted by atomic mass is 15.1. The van der Waals surface area contributed by atoms with Gasteiger partial charge < -0.3 is 10.6 Å². The van der Waals surface area contributed by atoms with Crippen LogP contribution in [-0.2, 0) is 0 Å². The summed E-state index contributed by atoms with van der Waals surface area (Å²) in [6.07, 6.45) is 0. The molecular formula is C6H14N2. The molecule has 0 bridgehead atoms. The van der Waals surface area contributed by atoms with E-state index in [2.05, 4.69) is 24.5 Å². The first-order chi connectivity index (χ1) is 3.71. The molecule has 1 heterocycles. The minimum Gasteiger partial charge on any atom is -0.304 e. The van der Waals surface area contributed by atoms with Gasteiger partial charge in [-0.2, -0.15) is 0 Å². The van der Waals surface area contributed by atoms with E-state index in [0.717, 1.165) is 19.8 Å². The van der Waals surface area contributed by atoms with E-state index in [9.17, 15) is 0 Å². The van der Waals surface area contributed by atoms with E-state index in [4.69, 9.17) is 0 Å². The summed E-state index contributed by atoms with van der Waals surface area (Å²) in [5.41, 5.74) is 0.457. The second kappa shape index (κ2) is 2.03. The number of hydrogen-bond donors (Lipinski definition) is 2. The Morgan fingerprint density at radius 3 is 1.88 bits per heavy atom. The lowest BCUT2D eigenvalue weighted by molar-refractivity contribution is 0.270. The van der Waals surface area contributed by atoms with E-state index >= 15 is 0 Å². The molecule has 0 radical (unpaired) electrons. The van der Waals surface area contributed by atoms with Gasteiger partial charge in [0.05, 0.1) is 0 Å². The molecule has 0 aromatic heterocycles. The van der Waals surface area contributed by atoms with Crippen molar-refractivity contribution in [3.63, 3.8) is 0 Å².